The number of hydrogen-bond donors (Lipinski definition) is 0. The number of para-hydroxylation sites is 1. The molecule has 0 aliphatic carbocycles. The van der Waals surface area contributed by atoms with Crippen molar-refractivity contribution in [2.75, 3.05) is 15.0 Å². The average Bonchev–Trinajstić information content (AvgIpc) is 2.51. The highest BCUT2D eigenvalue weighted by atomic mass is 127. The first-order valence-electron chi connectivity index (χ1n) is 7.61. The molecule has 0 N–H and O–H groups in total. The normalized spacial score (nSPS) is 13.9. The van der Waals surface area contributed by atoms with Crippen LogP contribution in [0.1, 0.15) is 20.8 Å². The number of rotatable bonds is 9. The average molecular weight is 455 g/mol. The molecule has 0 saturated carbocycles. The van der Waals surface area contributed by atoms with Crippen molar-refractivity contribution in [1.29, 1.82) is 0 Å². The van der Waals surface area contributed by atoms with Gasteiger partial charge < -0.3 is 4.43 Å². The summed E-state index contributed by atoms with van der Waals surface area (Å²) in [4.78, 5) is 0. The molecule has 7 heteroatoms. The Morgan fingerprint density at radius 2 is 1.64 bits per heavy atom. The van der Waals surface area contributed by atoms with Gasteiger partial charge in [0.25, 0.3) is 0 Å². The number of halogens is 1. The number of benzene rings is 1. The zero-order chi connectivity index (χ0) is 16.8. The van der Waals surface area contributed by atoms with E-state index in [9.17, 15) is 8.42 Å². The molecule has 1 aromatic rings. The summed E-state index contributed by atoms with van der Waals surface area (Å²) in [6.07, 6.45) is 0.806. The van der Waals surface area contributed by atoms with Crippen LogP contribution >= 0.6 is 22.6 Å². The summed E-state index contributed by atoms with van der Waals surface area (Å²) in [5.41, 5.74) is 0.665. The third-order valence-corrected chi connectivity index (χ3v) is 10.6. The first kappa shape index (κ1) is 19.9. The van der Waals surface area contributed by atoms with Crippen LogP contribution in [0, 0.1) is 0 Å². The van der Waals surface area contributed by atoms with Gasteiger partial charge in [-0.15, -0.1) is 0 Å². The van der Waals surface area contributed by atoms with Crippen molar-refractivity contribution in [2.24, 2.45) is 0 Å². The van der Waals surface area contributed by atoms with E-state index >= 15 is 0 Å². The summed E-state index contributed by atoms with van der Waals surface area (Å²) < 4.78 is 33.2. The van der Waals surface area contributed by atoms with E-state index in [1.807, 2.05) is 30.3 Å². The standard InChI is InChI=1S/C15H26INO3SSi/c1-5-22(6-2,7-3)20-15(13-16)17(21(4,18)19)14-11-9-8-10-12-14/h8-12,15H,5-7,13H2,1-4H3. The van der Waals surface area contributed by atoms with Crippen molar-refractivity contribution >= 4 is 46.6 Å². The van der Waals surface area contributed by atoms with Crippen molar-refractivity contribution in [1.82, 2.24) is 0 Å². The number of sulfonamides is 1. The SMILES string of the molecule is CC[Si](CC)(CC)OC(CI)N(c1ccccc1)S(C)(=O)=O. The van der Waals surface area contributed by atoms with E-state index in [-0.39, 0.29) is 0 Å². The summed E-state index contributed by atoms with van der Waals surface area (Å²) in [5, 5.41) is 0. The Morgan fingerprint density at radius 3 is 2.00 bits per heavy atom. The molecule has 0 bridgehead atoms. The predicted octanol–water partition coefficient (Wildman–Crippen LogP) is 4.24. The number of nitrogens with zero attached hydrogens (tertiary/aromatic N) is 1. The minimum atomic E-state index is -3.40. The molecule has 0 aliphatic rings. The molecule has 1 aromatic carbocycles. The molecule has 126 valence electrons. The lowest BCUT2D eigenvalue weighted by atomic mass is 10.3. The van der Waals surface area contributed by atoms with Crippen LogP contribution in [-0.4, -0.2) is 33.6 Å². The highest BCUT2D eigenvalue weighted by Gasteiger charge is 2.36. The number of alkyl halides is 1. The minimum absolute atomic E-state index is 0.440. The second-order valence-electron chi connectivity index (χ2n) is 5.36. The first-order chi connectivity index (χ1) is 10.3. The Bertz CT molecular complexity index is 541. The minimum Gasteiger partial charge on any atom is -0.396 e. The quantitative estimate of drug-likeness (QED) is 0.242. The number of hydrogen-bond acceptors (Lipinski definition) is 3. The second kappa shape index (κ2) is 8.65. The summed E-state index contributed by atoms with van der Waals surface area (Å²) in [6, 6.07) is 12.2. The van der Waals surface area contributed by atoms with Crippen molar-refractivity contribution in [3.05, 3.63) is 30.3 Å². The van der Waals surface area contributed by atoms with Crippen molar-refractivity contribution in [3.63, 3.8) is 0 Å². The fourth-order valence-electron chi connectivity index (χ4n) is 2.58. The van der Waals surface area contributed by atoms with E-state index in [2.05, 4.69) is 43.4 Å². The van der Waals surface area contributed by atoms with Gasteiger partial charge in [-0.05, 0) is 30.3 Å². The maximum atomic E-state index is 12.3. The van der Waals surface area contributed by atoms with Crippen molar-refractivity contribution in [2.45, 2.75) is 45.1 Å². The maximum Gasteiger partial charge on any atom is 0.234 e. The third kappa shape index (κ3) is 4.94. The first-order valence-corrected chi connectivity index (χ1v) is 13.5. The Labute approximate surface area is 149 Å². The van der Waals surface area contributed by atoms with E-state index < -0.39 is 24.6 Å². The molecular weight excluding hydrogens is 429 g/mol. The van der Waals surface area contributed by atoms with Crippen molar-refractivity contribution in [3.8, 4) is 0 Å². The Balaban J connectivity index is 3.22. The summed E-state index contributed by atoms with van der Waals surface area (Å²) >= 11 is 2.21. The van der Waals surface area contributed by atoms with Gasteiger partial charge in [0.15, 0.2) is 8.32 Å². The fourth-order valence-corrected chi connectivity index (χ4v) is 7.65. The van der Waals surface area contributed by atoms with Gasteiger partial charge in [-0.25, -0.2) is 12.7 Å². The van der Waals surface area contributed by atoms with Gasteiger partial charge >= 0.3 is 0 Å². The molecule has 0 amide bonds. The Hall–Kier alpha value is -0.123. The summed E-state index contributed by atoms with van der Waals surface area (Å²) in [5.74, 6) is 0. The van der Waals surface area contributed by atoms with Crippen LogP contribution in [0.2, 0.25) is 18.1 Å². The molecule has 0 radical (unpaired) electrons. The van der Waals surface area contributed by atoms with E-state index in [1.165, 1.54) is 10.6 Å². The zero-order valence-corrected chi connectivity index (χ0v) is 17.7. The largest absolute Gasteiger partial charge is 0.396 e. The van der Waals surface area contributed by atoms with Crippen LogP contribution in [0.3, 0.4) is 0 Å². The molecule has 1 atom stereocenters. The van der Waals surface area contributed by atoms with Gasteiger partial charge in [0.1, 0.15) is 6.23 Å². The molecule has 0 spiro atoms. The molecule has 0 fully saturated rings. The smallest absolute Gasteiger partial charge is 0.234 e. The molecule has 0 aliphatic heterocycles. The van der Waals surface area contributed by atoms with E-state index in [0.29, 0.717) is 10.1 Å². The van der Waals surface area contributed by atoms with Crippen LogP contribution in [0.15, 0.2) is 30.3 Å². The molecule has 22 heavy (non-hydrogen) atoms. The van der Waals surface area contributed by atoms with E-state index in [1.54, 1.807) is 0 Å². The fraction of sp³-hybridized carbons (Fsp3) is 0.600. The molecular formula is C15H26INO3SSi. The highest BCUT2D eigenvalue weighted by Crippen LogP contribution is 2.29. The maximum absolute atomic E-state index is 12.3. The lowest BCUT2D eigenvalue weighted by Crippen LogP contribution is -2.50. The van der Waals surface area contributed by atoms with Gasteiger partial charge in [-0.1, -0.05) is 61.6 Å². The second-order valence-corrected chi connectivity index (χ2v) is 12.8. The van der Waals surface area contributed by atoms with Crippen molar-refractivity contribution < 1.29 is 12.8 Å². The summed E-state index contributed by atoms with van der Waals surface area (Å²) in [7, 11) is -5.29. The summed E-state index contributed by atoms with van der Waals surface area (Å²) in [6.45, 7) is 6.45. The van der Waals surface area contributed by atoms with E-state index in [4.69, 9.17) is 4.43 Å². The lowest BCUT2D eigenvalue weighted by molar-refractivity contribution is 0.224. The van der Waals surface area contributed by atoms with Crippen LogP contribution in [0.25, 0.3) is 0 Å². The Kier molecular flexibility index (Phi) is 7.83. The van der Waals surface area contributed by atoms with E-state index in [0.717, 1.165) is 18.1 Å². The third-order valence-electron chi connectivity index (χ3n) is 4.08. The van der Waals surface area contributed by atoms with Gasteiger partial charge in [0.2, 0.25) is 10.0 Å². The van der Waals surface area contributed by atoms with Crippen LogP contribution in [0.4, 0.5) is 5.69 Å². The van der Waals surface area contributed by atoms with Gasteiger partial charge in [0.05, 0.1) is 11.9 Å². The molecule has 4 nitrogen and oxygen atoms in total. The molecule has 1 rings (SSSR count). The molecule has 0 aromatic heterocycles. The van der Waals surface area contributed by atoms with Gasteiger partial charge in [-0.3, -0.25) is 0 Å². The van der Waals surface area contributed by atoms with Gasteiger partial charge in [-0.2, -0.15) is 0 Å². The van der Waals surface area contributed by atoms with Crippen LogP contribution in [-0.2, 0) is 14.4 Å². The molecule has 1 unspecified atom stereocenters. The predicted molar refractivity (Wildman–Crippen MR) is 105 cm³/mol. The highest BCUT2D eigenvalue weighted by molar-refractivity contribution is 14.1. The molecule has 0 saturated heterocycles. The lowest BCUT2D eigenvalue weighted by Gasteiger charge is -2.38. The monoisotopic (exact) mass is 455 g/mol. The van der Waals surface area contributed by atoms with Crippen LogP contribution in [0.5, 0.6) is 0 Å². The Morgan fingerprint density at radius 1 is 1.14 bits per heavy atom. The van der Waals surface area contributed by atoms with Crippen LogP contribution < -0.4 is 4.31 Å². The molecule has 0 heterocycles. The zero-order valence-electron chi connectivity index (χ0n) is 13.8. The number of anilines is 1. The topological polar surface area (TPSA) is 46.6 Å². The van der Waals surface area contributed by atoms with Gasteiger partial charge in [0, 0.05) is 4.43 Å².